The third-order valence-electron chi connectivity index (χ3n) is 4.69. The normalized spacial score (nSPS) is 11.6. The fourth-order valence-corrected chi connectivity index (χ4v) is 3.96. The van der Waals surface area contributed by atoms with Crippen LogP contribution >= 0.6 is 0 Å². The van der Waals surface area contributed by atoms with Crippen LogP contribution < -0.4 is 14.3 Å². The van der Waals surface area contributed by atoms with E-state index >= 15 is 0 Å². The Morgan fingerprint density at radius 2 is 1.74 bits per heavy atom. The minimum atomic E-state index is -4.09. The summed E-state index contributed by atoms with van der Waals surface area (Å²) in [6, 6.07) is 19.9. The number of para-hydroxylation sites is 1. The maximum Gasteiger partial charge on any atom is 0.339 e. The quantitative estimate of drug-likeness (QED) is 0.215. The molecule has 0 aliphatic carbocycles. The van der Waals surface area contributed by atoms with Gasteiger partial charge in [-0.3, -0.25) is 4.79 Å². The van der Waals surface area contributed by atoms with E-state index < -0.39 is 10.1 Å². The van der Waals surface area contributed by atoms with Crippen molar-refractivity contribution in [2.75, 3.05) is 13.7 Å². The molecule has 3 rings (SSSR count). The number of carbonyl (C=O) groups is 1. The predicted octanol–water partition coefficient (Wildman–Crippen LogP) is 3.83. The summed E-state index contributed by atoms with van der Waals surface area (Å²) < 4.78 is 41.7. The molecule has 9 heteroatoms. The molecule has 1 N–H and O–H groups in total. The maximum atomic E-state index is 12.8. The third kappa shape index (κ3) is 6.58. The Morgan fingerprint density at radius 1 is 1.00 bits per heavy atom. The van der Waals surface area contributed by atoms with Gasteiger partial charge < -0.3 is 13.7 Å². The van der Waals surface area contributed by atoms with Crippen LogP contribution in [0.25, 0.3) is 0 Å². The van der Waals surface area contributed by atoms with E-state index in [1.165, 1.54) is 18.2 Å². The minimum Gasteiger partial charge on any atom is -0.497 e. The van der Waals surface area contributed by atoms with Gasteiger partial charge in [0.25, 0.3) is 0 Å². The van der Waals surface area contributed by atoms with E-state index in [-0.39, 0.29) is 41.0 Å². The zero-order valence-corrected chi connectivity index (χ0v) is 20.0. The Kier molecular flexibility index (Phi) is 8.26. The maximum absolute atomic E-state index is 12.8. The van der Waals surface area contributed by atoms with Crippen LogP contribution in [0.15, 0.2) is 82.8 Å². The Morgan fingerprint density at radius 3 is 2.44 bits per heavy atom. The number of aryl methyl sites for hydroxylation is 1. The van der Waals surface area contributed by atoms with E-state index in [0.717, 1.165) is 11.1 Å². The van der Waals surface area contributed by atoms with E-state index in [2.05, 4.69) is 10.5 Å². The number of amides is 1. The van der Waals surface area contributed by atoms with Crippen LogP contribution in [0, 0.1) is 6.92 Å². The number of benzene rings is 3. The van der Waals surface area contributed by atoms with Gasteiger partial charge in [-0.15, -0.1) is 5.10 Å². The highest BCUT2D eigenvalue weighted by atomic mass is 32.2. The summed E-state index contributed by atoms with van der Waals surface area (Å²) in [5.41, 5.74) is 4.41. The highest BCUT2D eigenvalue weighted by molar-refractivity contribution is 7.87. The summed E-state index contributed by atoms with van der Waals surface area (Å²) in [5.74, 6) is 0.314. The van der Waals surface area contributed by atoms with Gasteiger partial charge in [-0.25, -0.2) is 5.43 Å². The van der Waals surface area contributed by atoms with Gasteiger partial charge in [0, 0.05) is 0 Å². The number of hydrogen-bond acceptors (Lipinski definition) is 7. The monoisotopic (exact) mass is 482 g/mol. The van der Waals surface area contributed by atoms with E-state index in [0.29, 0.717) is 5.75 Å². The first kappa shape index (κ1) is 24.8. The predicted molar refractivity (Wildman–Crippen MR) is 128 cm³/mol. The van der Waals surface area contributed by atoms with Crippen molar-refractivity contribution in [3.63, 3.8) is 0 Å². The second kappa shape index (κ2) is 11.3. The molecule has 0 fully saturated rings. The number of hydrazone groups is 1. The molecule has 0 aromatic heterocycles. The van der Waals surface area contributed by atoms with Crippen LogP contribution in [-0.2, 0) is 26.1 Å². The Bertz CT molecular complexity index is 1270. The summed E-state index contributed by atoms with van der Waals surface area (Å²) in [6.45, 7) is 3.85. The average molecular weight is 483 g/mol. The molecule has 0 aliphatic rings. The molecule has 0 saturated carbocycles. The number of hydrogen-bond donors (Lipinski definition) is 1. The summed E-state index contributed by atoms with van der Waals surface area (Å²) in [6.07, 6.45) is 0.0695. The second-order valence-corrected chi connectivity index (χ2v) is 8.81. The smallest absolute Gasteiger partial charge is 0.339 e. The van der Waals surface area contributed by atoms with Crippen molar-refractivity contribution in [1.82, 2.24) is 5.43 Å². The van der Waals surface area contributed by atoms with Gasteiger partial charge in [-0.1, -0.05) is 42.0 Å². The van der Waals surface area contributed by atoms with E-state index in [1.807, 2.05) is 6.92 Å². The molecule has 0 radical (unpaired) electrons. The van der Waals surface area contributed by atoms with Gasteiger partial charge in [0.2, 0.25) is 11.8 Å². The molecular weight excluding hydrogens is 456 g/mol. The number of nitrogens with zero attached hydrogens (tertiary/aromatic N) is 1. The molecule has 0 unspecified atom stereocenters. The van der Waals surface area contributed by atoms with Crippen molar-refractivity contribution < 1.29 is 26.9 Å². The number of methoxy groups -OCH3 is 1. The van der Waals surface area contributed by atoms with Crippen LogP contribution in [0.3, 0.4) is 0 Å². The lowest BCUT2D eigenvalue weighted by molar-refractivity contribution is -0.120. The van der Waals surface area contributed by atoms with Crippen molar-refractivity contribution in [2.45, 2.75) is 25.2 Å². The number of rotatable bonds is 9. The van der Waals surface area contributed by atoms with Crippen molar-refractivity contribution in [2.24, 2.45) is 5.10 Å². The summed E-state index contributed by atoms with van der Waals surface area (Å²) in [7, 11) is -2.54. The molecule has 8 nitrogen and oxygen atoms in total. The van der Waals surface area contributed by atoms with Gasteiger partial charge in [-0.05, 0) is 55.8 Å². The SMILES string of the molecule is CCO/C(=N/NC(=O)Cc1cccc(OC)c1)c1ccccc1OS(=O)(=O)c1ccc(C)cc1. The van der Waals surface area contributed by atoms with E-state index in [9.17, 15) is 13.2 Å². The van der Waals surface area contributed by atoms with Gasteiger partial charge >= 0.3 is 10.1 Å². The molecule has 0 saturated heterocycles. The van der Waals surface area contributed by atoms with Gasteiger partial charge in [0.05, 0.1) is 25.7 Å². The summed E-state index contributed by atoms with van der Waals surface area (Å²) >= 11 is 0. The topological polar surface area (TPSA) is 103 Å². The molecule has 1 amide bonds. The lowest BCUT2D eigenvalue weighted by Crippen LogP contribution is -2.23. The highest BCUT2D eigenvalue weighted by Gasteiger charge is 2.21. The van der Waals surface area contributed by atoms with Crippen molar-refractivity contribution in [1.29, 1.82) is 0 Å². The molecular formula is C25H26N2O6S. The van der Waals surface area contributed by atoms with Gasteiger partial charge in [0.1, 0.15) is 10.6 Å². The first-order chi connectivity index (χ1) is 16.3. The van der Waals surface area contributed by atoms with Crippen LogP contribution in [0.4, 0.5) is 0 Å². The third-order valence-corrected chi connectivity index (χ3v) is 5.94. The molecule has 3 aromatic rings. The molecule has 0 bridgehead atoms. The summed E-state index contributed by atoms with van der Waals surface area (Å²) in [5, 5.41) is 4.09. The zero-order valence-electron chi connectivity index (χ0n) is 19.1. The lowest BCUT2D eigenvalue weighted by Gasteiger charge is -2.13. The average Bonchev–Trinajstić information content (AvgIpc) is 2.82. The van der Waals surface area contributed by atoms with Crippen LogP contribution in [0.2, 0.25) is 0 Å². The van der Waals surface area contributed by atoms with Gasteiger partial charge in [-0.2, -0.15) is 8.42 Å². The molecule has 0 spiro atoms. The molecule has 178 valence electrons. The molecule has 3 aromatic carbocycles. The molecule has 0 atom stereocenters. The van der Waals surface area contributed by atoms with E-state index in [1.54, 1.807) is 68.6 Å². The number of ether oxygens (including phenoxy) is 2. The zero-order chi connectivity index (χ0) is 24.6. The Hall–Kier alpha value is -3.85. The summed E-state index contributed by atoms with van der Waals surface area (Å²) in [4.78, 5) is 12.5. The number of carbonyl (C=O) groups excluding carboxylic acids is 1. The number of nitrogens with one attached hydrogen (secondary N) is 1. The fourth-order valence-electron chi connectivity index (χ4n) is 3.01. The first-order valence-corrected chi connectivity index (χ1v) is 12.0. The van der Waals surface area contributed by atoms with Crippen LogP contribution in [0.5, 0.6) is 11.5 Å². The minimum absolute atomic E-state index is 0.0226. The van der Waals surface area contributed by atoms with Crippen molar-refractivity contribution in [3.8, 4) is 11.5 Å². The molecule has 34 heavy (non-hydrogen) atoms. The first-order valence-electron chi connectivity index (χ1n) is 10.5. The van der Waals surface area contributed by atoms with Crippen molar-refractivity contribution in [3.05, 3.63) is 89.5 Å². The van der Waals surface area contributed by atoms with Gasteiger partial charge in [0.15, 0.2) is 5.75 Å². The van der Waals surface area contributed by atoms with Crippen LogP contribution in [0.1, 0.15) is 23.6 Å². The molecule has 0 aliphatic heterocycles. The standard InChI is InChI=1S/C25H26N2O6S/c1-4-32-25(27-26-24(28)17-19-8-7-9-20(16-19)31-3)22-10-5-6-11-23(22)33-34(29,30)21-14-12-18(2)13-15-21/h5-16H,4,17H2,1-3H3,(H,26,28)/b27-25+. The van der Waals surface area contributed by atoms with E-state index in [4.69, 9.17) is 13.7 Å². The lowest BCUT2D eigenvalue weighted by atomic mass is 10.1. The fraction of sp³-hybridized carbons (Fsp3) is 0.200. The highest BCUT2D eigenvalue weighted by Crippen LogP contribution is 2.24. The molecule has 0 heterocycles. The van der Waals surface area contributed by atoms with Crippen molar-refractivity contribution >= 4 is 21.9 Å². The largest absolute Gasteiger partial charge is 0.497 e. The Balaban J connectivity index is 1.82. The second-order valence-electron chi connectivity index (χ2n) is 7.26. The Labute approximate surface area is 199 Å². The van der Waals surface area contributed by atoms with Crippen LogP contribution in [-0.4, -0.2) is 33.9 Å².